The molecule has 104 valence electrons. The van der Waals surface area contributed by atoms with Gasteiger partial charge in [0.15, 0.2) is 0 Å². The smallest absolute Gasteiger partial charge is 0.306 e. The number of hydrogen-bond acceptors (Lipinski definition) is 2. The Labute approximate surface area is 111 Å². The van der Waals surface area contributed by atoms with Crippen LogP contribution in [0.5, 0.6) is 0 Å². The summed E-state index contributed by atoms with van der Waals surface area (Å²) in [5.74, 6) is 0.00565. The van der Waals surface area contributed by atoms with Crippen molar-refractivity contribution in [3.05, 3.63) is 0 Å². The van der Waals surface area contributed by atoms with Crippen LogP contribution in [0.3, 0.4) is 0 Å². The summed E-state index contributed by atoms with van der Waals surface area (Å²) in [5, 5.41) is 9.12. The maximum absolute atomic E-state index is 11.1. The fourth-order valence-electron chi connectivity index (χ4n) is 4.21. The minimum absolute atomic E-state index is 0.124. The van der Waals surface area contributed by atoms with E-state index >= 15 is 0 Å². The standard InChI is InChI=1S/C15H27NO2/c1-10-8-15(3,4)9-13(10)16-6-5-12(14(17)18)7-11(16)2/h10-13H,5-9H2,1-4H3,(H,17,18). The maximum atomic E-state index is 11.1. The molecule has 1 saturated heterocycles. The van der Waals surface area contributed by atoms with E-state index in [0.29, 0.717) is 17.5 Å². The van der Waals surface area contributed by atoms with Gasteiger partial charge in [-0.05, 0) is 50.5 Å². The van der Waals surface area contributed by atoms with E-state index in [-0.39, 0.29) is 5.92 Å². The highest BCUT2D eigenvalue weighted by molar-refractivity contribution is 5.70. The maximum Gasteiger partial charge on any atom is 0.306 e. The summed E-state index contributed by atoms with van der Waals surface area (Å²) < 4.78 is 0. The number of hydrogen-bond donors (Lipinski definition) is 1. The Balaban J connectivity index is 2.01. The molecule has 1 saturated carbocycles. The number of likely N-dealkylation sites (tertiary alicyclic amines) is 1. The first-order chi connectivity index (χ1) is 8.30. The van der Waals surface area contributed by atoms with Crippen LogP contribution in [0, 0.1) is 17.3 Å². The molecule has 18 heavy (non-hydrogen) atoms. The Morgan fingerprint density at radius 3 is 2.39 bits per heavy atom. The van der Waals surface area contributed by atoms with Gasteiger partial charge < -0.3 is 5.11 Å². The SMILES string of the molecule is CC1CC(C)(C)CC1N1CCC(C(=O)O)CC1C. The van der Waals surface area contributed by atoms with Crippen LogP contribution < -0.4 is 0 Å². The van der Waals surface area contributed by atoms with E-state index in [4.69, 9.17) is 5.11 Å². The fourth-order valence-corrected chi connectivity index (χ4v) is 4.21. The lowest BCUT2D eigenvalue weighted by Gasteiger charge is -2.42. The van der Waals surface area contributed by atoms with Crippen molar-refractivity contribution in [1.82, 2.24) is 4.90 Å². The number of carbonyl (C=O) groups is 1. The molecule has 2 aliphatic rings. The first-order valence-electron chi connectivity index (χ1n) is 7.29. The van der Waals surface area contributed by atoms with Crippen LogP contribution in [0.25, 0.3) is 0 Å². The molecule has 0 aromatic carbocycles. The molecule has 0 spiro atoms. The van der Waals surface area contributed by atoms with Crippen LogP contribution in [0.15, 0.2) is 0 Å². The zero-order valence-corrected chi connectivity index (χ0v) is 12.1. The third-order valence-corrected chi connectivity index (χ3v) is 5.00. The molecule has 3 nitrogen and oxygen atoms in total. The van der Waals surface area contributed by atoms with Gasteiger partial charge in [0.25, 0.3) is 0 Å². The summed E-state index contributed by atoms with van der Waals surface area (Å²) in [7, 11) is 0. The van der Waals surface area contributed by atoms with Crippen molar-refractivity contribution < 1.29 is 9.90 Å². The lowest BCUT2D eigenvalue weighted by Crippen LogP contribution is -2.49. The third-order valence-electron chi connectivity index (χ3n) is 5.00. The van der Waals surface area contributed by atoms with Gasteiger partial charge in [-0.25, -0.2) is 0 Å². The van der Waals surface area contributed by atoms with Crippen LogP contribution in [0.1, 0.15) is 53.4 Å². The highest BCUT2D eigenvalue weighted by Gasteiger charge is 2.43. The van der Waals surface area contributed by atoms with Gasteiger partial charge in [0.1, 0.15) is 0 Å². The molecule has 2 rings (SSSR count). The van der Waals surface area contributed by atoms with Crippen molar-refractivity contribution in [3.63, 3.8) is 0 Å². The second-order valence-corrected chi connectivity index (χ2v) is 7.26. The molecule has 0 amide bonds. The Morgan fingerprint density at radius 1 is 1.28 bits per heavy atom. The van der Waals surface area contributed by atoms with Crippen molar-refractivity contribution in [1.29, 1.82) is 0 Å². The number of nitrogens with zero attached hydrogens (tertiary/aromatic N) is 1. The van der Waals surface area contributed by atoms with Gasteiger partial charge in [-0.1, -0.05) is 20.8 Å². The fraction of sp³-hybridized carbons (Fsp3) is 0.933. The zero-order chi connectivity index (χ0) is 13.5. The molecule has 0 bridgehead atoms. The van der Waals surface area contributed by atoms with E-state index in [0.717, 1.165) is 25.3 Å². The van der Waals surface area contributed by atoms with Gasteiger partial charge in [-0.3, -0.25) is 9.69 Å². The van der Waals surface area contributed by atoms with Crippen LogP contribution in [0.4, 0.5) is 0 Å². The molecule has 3 heteroatoms. The second-order valence-electron chi connectivity index (χ2n) is 7.26. The summed E-state index contributed by atoms with van der Waals surface area (Å²) in [6.45, 7) is 10.2. The second kappa shape index (κ2) is 4.84. The minimum atomic E-state index is -0.610. The average molecular weight is 253 g/mol. The van der Waals surface area contributed by atoms with Gasteiger partial charge in [-0.15, -0.1) is 0 Å². The molecule has 4 atom stereocenters. The molecule has 1 aliphatic carbocycles. The van der Waals surface area contributed by atoms with Gasteiger partial charge in [0.05, 0.1) is 5.92 Å². The summed E-state index contributed by atoms with van der Waals surface area (Å²) in [4.78, 5) is 13.7. The summed E-state index contributed by atoms with van der Waals surface area (Å²) in [6, 6.07) is 1.07. The summed E-state index contributed by atoms with van der Waals surface area (Å²) >= 11 is 0. The van der Waals surface area contributed by atoms with Crippen molar-refractivity contribution in [2.24, 2.45) is 17.3 Å². The molecule has 1 N–H and O–H groups in total. The van der Waals surface area contributed by atoms with E-state index < -0.39 is 5.97 Å². The first-order valence-corrected chi connectivity index (χ1v) is 7.29. The Morgan fingerprint density at radius 2 is 1.94 bits per heavy atom. The number of aliphatic carboxylic acids is 1. The van der Waals surface area contributed by atoms with Crippen molar-refractivity contribution in [2.45, 2.75) is 65.5 Å². The van der Waals surface area contributed by atoms with E-state index in [1.165, 1.54) is 12.8 Å². The van der Waals surface area contributed by atoms with Crippen LogP contribution in [-0.2, 0) is 4.79 Å². The molecule has 1 heterocycles. The lowest BCUT2D eigenvalue weighted by atomic mass is 9.88. The zero-order valence-electron chi connectivity index (χ0n) is 12.1. The number of piperidine rings is 1. The summed E-state index contributed by atoms with van der Waals surface area (Å²) in [6.07, 6.45) is 4.20. The normalized spacial score (nSPS) is 40.9. The predicted octanol–water partition coefficient (Wildman–Crippen LogP) is 3.00. The molecule has 0 aromatic rings. The van der Waals surface area contributed by atoms with Crippen molar-refractivity contribution in [2.75, 3.05) is 6.54 Å². The monoisotopic (exact) mass is 253 g/mol. The van der Waals surface area contributed by atoms with Gasteiger partial charge in [0.2, 0.25) is 0 Å². The third kappa shape index (κ3) is 2.71. The highest BCUT2D eigenvalue weighted by atomic mass is 16.4. The van der Waals surface area contributed by atoms with E-state index in [1.807, 2.05) is 0 Å². The largest absolute Gasteiger partial charge is 0.481 e. The van der Waals surface area contributed by atoms with Gasteiger partial charge in [0, 0.05) is 12.1 Å². The number of rotatable bonds is 2. The number of carboxylic acids is 1. The molecular formula is C15H27NO2. The molecule has 2 fully saturated rings. The van der Waals surface area contributed by atoms with Gasteiger partial charge in [-0.2, -0.15) is 0 Å². The van der Waals surface area contributed by atoms with Gasteiger partial charge >= 0.3 is 5.97 Å². The molecular weight excluding hydrogens is 226 g/mol. The minimum Gasteiger partial charge on any atom is -0.481 e. The predicted molar refractivity (Wildman–Crippen MR) is 72.5 cm³/mol. The van der Waals surface area contributed by atoms with E-state index in [9.17, 15) is 4.79 Å². The molecule has 4 unspecified atom stereocenters. The van der Waals surface area contributed by atoms with Crippen LogP contribution in [-0.4, -0.2) is 34.6 Å². The Hall–Kier alpha value is -0.570. The van der Waals surface area contributed by atoms with E-state index in [1.54, 1.807) is 0 Å². The lowest BCUT2D eigenvalue weighted by molar-refractivity contribution is -0.144. The summed E-state index contributed by atoms with van der Waals surface area (Å²) in [5.41, 5.74) is 0.452. The molecule has 0 aromatic heterocycles. The van der Waals surface area contributed by atoms with Crippen LogP contribution in [0.2, 0.25) is 0 Å². The number of carboxylic acid groups (broad SMARTS) is 1. The first kappa shape index (κ1) is 13.9. The van der Waals surface area contributed by atoms with E-state index in [2.05, 4.69) is 32.6 Å². The van der Waals surface area contributed by atoms with Crippen molar-refractivity contribution >= 4 is 5.97 Å². The van der Waals surface area contributed by atoms with Crippen molar-refractivity contribution in [3.8, 4) is 0 Å². The van der Waals surface area contributed by atoms with Crippen LogP contribution >= 0.6 is 0 Å². The topological polar surface area (TPSA) is 40.5 Å². The molecule has 0 radical (unpaired) electrons. The highest BCUT2D eigenvalue weighted by Crippen LogP contribution is 2.44. The Bertz CT molecular complexity index is 326. The Kier molecular flexibility index (Phi) is 3.72. The average Bonchev–Trinajstić information content (AvgIpc) is 2.51. The quantitative estimate of drug-likeness (QED) is 0.822. The molecule has 1 aliphatic heterocycles.